The molecule has 0 radical (unpaired) electrons. The molecule has 2 aromatic carbocycles. The Morgan fingerprint density at radius 2 is 1.61 bits per heavy atom. The fraction of sp³-hybridized carbons (Fsp3) is 0.333. The SMILES string of the molecule is O=C1c2c(-c3ccccc3)cc(CNC3CC3)nc2OCCN1Cc1cc(C(F)(F)F)cc(C(F)(F)F)c1. The molecule has 5 rings (SSSR count). The lowest BCUT2D eigenvalue weighted by Crippen LogP contribution is -2.32. The first-order valence-electron chi connectivity index (χ1n) is 12.0. The van der Waals surface area contributed by atoms with Crippen LogP contribution in [-0.2, 0) is 25.4 Å². The summed E-state index contributed by atoms with van der Waals surface area (Å²) in [6, 6.07) is 12.5. The summed E-state index contributed by atoms with van der Waals surface area (Å²) in [7, 11) is 0. The maximum absolute atomic E-state index is 13.7. The summed E-state index contributed by atoms with van der Waals surface area (Å²) in [6.07, 6.45) is -7.81. The number of halogens is 6. The zero-order valence-corrected chi connectivity index (χ0v) is 20.0. The number of benzene rings is 2. The second-order valence-corrected chi connectivity index (χ2v) is 9.35. The summed E-state index contributed by atoms with van der Waals surface area (Å²) in [5, 5.41) is 3.36. The summed E-state index contributed by atoms with van der Waals surface area (Å²) in [5.41, 5.74) is -1.14. The molecule has 11 heteroatoms. The maximum atomic E-state index is 13.7. The Morgan fingerprint density at radius 1 is 0.947 bits per heavy atom. The first kappa shape index (κ1) is 26.0. The predicted octanol–water partition coefficient (Wildman–Crippen LogP) is 6.07. The second kappa shape index (κ2) is 9.94. The molecule has 1 fully saturated rings. The van der Waals surface area contributed by atoms with Crippen molar-refractivity contribution in [1.29, 1.82) is 0 Å². The Balaban J connectivity index is 1.53. The normalized spacial score (nSPS) is 16.2. The van der Waals surface area contributed by atoms with Crippen molar-refractivity contribution in [3.8, 4) is 17.0 Å². The molecule has 2 heterocycles. The highest BCUT2D eigenvalue weighted by molar-refractivity contribution is 6.03. The van der Waals surface area contributed by atoms with E-state index in [0.29, 0.717) is 41.5 Å². The highest BCUT2D eigenvalue weighted by Crippen LogP contribution is 2.38. The van der Waals surface area contributed by atoms with E-state index in [9.17, 15) is 31.1 Å². The number of nitrogens with zero attached hydrogens (tertiary/aromatic N) is 2. The molecular formula is C27H23F6N3O2. The highest BCUT2D eigenvalue weighted by Gasteiger charge is 2.37. The molecule has 1 aromatic heterocycles. The van der Waals surface area contributed by atoms with Gasteiger partial charge in [-0.1, -0.05) is 30.3 Å². The van der Waals surface area contributed by atoms with Crippen molar-refractivity contribution in [3.05, 3.63) is 82.5 Å². The molecule has 0 spiro atoms. The fourth-order valence-corrected chi connectivity index (χ4v) is 4.35. The molecule has 1 amide bonds. The minimum Gasteiger partial charge on any atom is -0.475 e. The molecule has 1 saturated carbocycles. The lowest BCUT2D eigenvalue weighted by Gasteiger charge is -2.22. The number of rotatable bonds is 6. The van der Waals surface area contributed by atoms with Crippen molar-refractivity contribution in [1.82, 2.24) is 15.2 Å². The van der Waals surface area contributed by atoms with E-state index in [1.807, 2.05) is 6.07 Å². The lowest BCUT2D eigenvalue weighted by atomic mass is 9.98. The van der Waals surface area contributed by atoms with Crippen LogP contribution in [0.3, 0.4) is 0 Å². The van der Waals surface area contributed by atoms with Crippen molar-refractivity contribution in [2.75, 3.05) is 13.2 Å². The highest BCUT2D eigenvalue weighted by atomic mass is 19.4. The first-order valence-corrected chi connectivity index (χ1v) is 12.0. The average molecular weight is 535 g/mol. The number of pyridine rings is 1. The zero-order chi connectivity index (χ0) is 27.1. The van der Waals surface area contributed by atoms with Gasteiger partial charge in [-0.05, 0) is 48.2 Å². The van der Waals surface area contributed by atoms with Crippen molar-refractivity contribution in [2.24, 2.45) is 0 Å². The van der Waals surface area contributed by atoms with Gasteiger partial charge in [-0.3, -0.25) is 4.79 Å². The lowest BCUT2D eigenvalue weighted by molar-refractivity contribution is -0.143. The van der Waals surface area contributed by atoms with Gasteiger partial charge < -0.3 is 15.0 Å². The van der Waals surface area contributed by atoms with Crippen LogP contribution in [0, 0.1) is 0 Å². The van der Waals surface area contributed by atoms with Gasteiger partial charge in [-0.15, -0.1) is 0 Å². The molecule has 0 unspecified atom stereocenters. The molecule has 1 N–H and O–H groups in total. The Kier molecular flexibility index (Phi) is 6.81. The summed E-state index contributed by atoms with van der Waals surface area (Å²) < 4.78 is 86.0. The van der Waals surface area contributed by atoms with Gasteiger partial charge in [0.15, 0.2) is 0 Å². The molecule has 200 valence electrons. The van der Waals surface area contributed by atoms with Crippen LogP contribution in [0.4, 0.5) is 26.3 Å². The van der Waals surface area contributed by atoms with E-state index in [1.165, 1.54) is 4.90 Å². The second-order valence-electron chi connectivity index (χ2n) is 9.35. The molecule has 0 saturated heterocycles. The van der Waals surface area contributed by atoms with Crippen molar-refractivity contribution in [2.45, 2.75) is 44.3 Å². The summed E-state index contributed by atoms with van der Waals surface area (Å²) in [6.45, 7) is -0.0708. The van der Waals surface area contributed by atoms with Crippen LogP contribution in [-0.4, -0.2) is 35.0 Å². The molecule has 3 aromatic rings. The predicted molar refractivity (Wildman–Crippen MR) is 126 cm³/mol. The number of ether oxygens (including phenoxy) is 1. The molecular weight excluding hydrogens is 512 g/mol. The van der Waals surface area contributed by atoms with Crippen LogP contribution in [0.2, 0.25) is 0 Å². The van der Waals surface area contributed by atoms with Gasteiger partial charge in [0.05, 0.1) is 23.4 Å². The van der Waals surface area contributed by atoms with Crippen LogP contribution in [0.5, 0.6) is 5.88 Å². The molecule has 1 aliphatic heterocycles. The maximum Gasteiger partial charge on any atom is 0.416 e. The van der Waals surface area contributed by atoms with Gasteiger partial charge in [0.2, 0.25) is 5.88 Å². The standard InChI is InChI=1S/C27H23F6N3O2/c28-26(29,30)18-10-16(11-19(12-18)27(31,32)33)15-36-8-9-38-24-23(25(36)37)22(17-4-2-1-3-5-17)13-21(35-24)14-34-20-6-7-20/h1-5,10-13,20,34H,6-9,14-15H2. The number of carbonyl (C=O) groups excluding carboxylic acids is 1. The van der Waals surface area contributed by atoms with Crippen LogP contribution >= 0.6 is 0 Å². The van der Waals surface area contributed by atoms with Crippen LogP contribution < -0.4 is 10.1 Å². The Hall–Kier alpha value is -3.60. The molecule has 0 bridgehead atoms. The number of carbonyl (C=O) groups is 1. The largest absolute Gasteiger partial charge is 0.475 e. The number of fused-ring (bicyclic) bond motifs is 1. The van der Waals surface area contributed by atoms with Crippen LogP contribution in [0.15, 0.2) is 54.6 Å². The molecule has 1 aliphatic carbocycles. The first-order chi connectivity index (χ1) is 18.0. The average Bonchev–Trinajstić information content (AvgIpc) is 3.71. The number of hydrogen-bond donors (Lipinski definition) is 1. The number of aromatic nitrogens is 1. The van der Waals surface area contributed by atoms with Gasteiger partial charge in [0.1, 0.15) is 12.2 Å². The van der Waals surface area contributed by atoms with Gasteiger partial charge >= 0.3 is 12.4 Å². The Morgan fingerprint density at radius 3 is 2.21 bits per heavy atom. The summed E-state index contributed by atoms with van der Waals surface area (Å²) in [4.78, 5) is 19.4. The van der Waals surface area contributed by atoms with E-state index in [-0.39, 0.29) is 36.2 Å². The van der Waals surface area contributed by atoms with E-state index in [0.717, 1.165) is 12.8 Å². The van der Waals surface area contributed by atoms with E-state index in [2.05, 4.69) is 10.3 Å². The van der Waals surface area contributed by atoms with Gasteiger partial charge in [0.25, 0.3) is 5.91 Å². The van der Waals surface area contributed by atoms with Crippen LogP contribution in [0.25, 0.3) is 11.1 Å². The third-order valence-electron chi connectivity index (χ3n) is 6.40. The third-order valence-corrected chi connectivity index (χ3v) is 6.40. The molecule has 5 nitrogen and oxygen atoms in total. The van der Waals surface area contributed by atoms with E-state index >= 15 is 0 Å². The van der Waals surface area contributed by atoms with Crippen LogP contribution in [0.1, 0.15) is 45.6 Å². The smallest absolute Gasteiger partial charge is 0.416 e. The third kappa shape index (κ3) is 5.77. The van der Waals surface area contributed by atoms with Gasteiger partial charge in [0, 0.05) is 24.7 Å². The topological polar surface area (TPSA) is 54.5 Å². The van der Waals surface area contributed by atoms with Gasteiger partial charge in [-0.2, -0.15) is 26.3 Å². The monoisotopic (exact) mass is 535 g/mol. The van der Waals surface area contributed by atoms with Gasteiger partial charge in [-0.25, -0.2) is 4.98 Å². The number of alkyl halides is 6. The van der Waals surface area contributed by atoms with E-state index in [4.69, 9.17) is 4.74 Å². The van der Waals surface area contributed by atoms with E-state index < -0.39 is 35.9 Å². The Bertz CT molecular complexity index is 1300. The minimum absolute atomic E-state index is 0.0232. The van der Waals surface area contributed by atoms with Crippen molar-refractivity contribution < 1.29 is 35.9 Å². The zero-order valence-electron chi connectivity index (χ0n) is 20.0. The van der Waals surface area contributed by atoms with E-state index in [1.54, 1.807) is 30.3 Å². The minimum atomic E-state index is -4.98. The molecule has 0 atom stereocenters. The molecule has 2 aliphatic rings. The quantitative estimate of drug-likeness (QED) is 0.389. The number of hydrogen-bond acceptors (Lipinski definition) is 4. The molecule has 38 heavy (non-hydrogen) atoms. The number of nitrogens with one attached hydrogen (secondary N) is 1. The number of amides is 1. The van der Waals surface area contributed by atoms with Crippen molar-refractivity contribution >= 4 is 5.91 Å². The Labute approximate surface area is 214 Å². The summed E-state index contributed by atoms with van der Waals surface area (Å²) >= 11 is 0. The van der Waals surface area contributed by atoms with Crippen molar-refractivity contribution in [3.63, 3.8) is 0 Å². The summed E-state index contributed by atoms with van der Waals surface area (Å²) in [5.74, 6) is -0.497. The fourth-order valence-electron chi connectivity index (χ4n) is 4.35.